The van der Waals surface area contributed by atoms with Gasteiger partial charge in [0.05, 0.1) is 12.1 Å². The Hall–Kier alpha value is -1.95. The Kier molecular flexibility index (Phi) is 4.23. The van der Waals surface area contributed by atoms with Gasteiger partial charge in [0, 0.05) is 25.5 Å². The van der Waals surface area contributed by atoms with E-state index in [4.69, 9.17) is 0 Å². The Morgan fingerprint density at radius 2 is 1.60 bits per heavy atom. The Morgan fingerprint density at radius 1 is 0.960 bits per heavy atom. The van der Waals surface area contributed by atoms with Gasteiger partial charge in [-0.25, -0.2) is 9.97 Å². The molecule has 1 aromatic heterocycles. The second kappa shape index (κ2) is 6.41. The van der Waals surface area contributed by atoms with Crippen LogP contribution in [0.5, 0.6) is 0 Å². The van der Waals surface area contributed by atoms with Gasteiger partial charge in [-0.1, -0.05) is 18.2 Å². The second-order valence-corrected chi connectivity index (χ2v) is 7.13. The maximum atomic E-state index is 13.3. The van der Waals surface area contributed by atoms with Crippen molar-refractivity contribution in [3.05, 3.63) is 59.7 Å². The summed E-state index contributed by atoms with van der Waals surface area (Å²) < 4.78 is 39.8. The van der Waals surface area contributed by atoms with E-state index in [-0.39, 0.29) is 5.92 Å². The number of fused-ring (bicyclic) bond motifs is 1. The van der Waals surface area contributed by atoms with Crippen LogP contribution in [0.15, 0.2) is 42.7 Å². The standard InChI is InChI=1S/C19H20F3N3/c20-19(21,22)17-5-2-1-4-16(17)13-8-14-10-25(11-15(14)9-13)12-18-23-6-3-7-24-18/h1-7,13-15H,8-12H2/t13?,14-,15+. The van der Waals surface area contributed by atoms with Gasteiger partial charge in [0.2, 0.25) is 0 Å². The van der Waals surface area contributed by atoms with Crippen LogP contribution >= 0.6 is 0 Å². The number of aromatic nitrogens is 2. The molecule has 3 atom stereocenters. The number of likely N-dealkylation sites (tertiary alicyclic amines) is 1. The number of hydrogen-bond acceptors (Lipinski definition) is 3. The van der Waals surface area contributed by atoms with Crippen LogP contribution in [0.4, 0.5) is 13.2 Å². The minimum absolute atomic E-state index is 0.0166. The predicted octanol–water partition coefficient (Wildman–Crippen LogP) is 4.12. The molecule has 1 aromatic carbocycles. The first kappa shape index (κ1) is 16.5. The van der Waals surface area contributed by atoms with Crippen molar-refractivity contribution >= 4 is 0 Å². The first-order valence-corrected chi connectivity index (χ1v) is 8.65. The summed E-state index contributed by atoms with van der Waals surface area (Å²) >= 11 is 0. The fraction of sp³-hybridized carbons (Fsp3) is 0.474. The molecular weight excluding hydrogens is 327 g/mol. The lowest BCUT2D eigenvalue weighted by molar-refractivity contribution is -0.138. The van der Waals surface area contributed by atoms with Gasteiger partial charge in [-0.2, -0.15) is 13.2 Å². The van der Waals surface area contributed by atoms with Crippen LogP contribution in [0.2, 0.25) is 0 Å². The first-order chi connectivity index (χ1) is 12.0. The van der Waals surface area contributed by atoms with E-state index >= 15 is 0 Å². The highest BCUT2D eigenvalue weighted by molar-refractivity contribution is 5.33. The highest BCUT2D eigenvalue weighted by Gasteiger charge is 2.44. The normalized spacial score (nSPS) is 26.8. The highest BCUT2D eigenvalue weighted by Crippen LogP contribution is 2.48. The smallest absolute Gasteiger partial charge is 0.295 e. The number of halogens is 3. The minimum atomic E-state index is -4.27. The van der Waals surface area contributed by atoms with Crippen molar-refractivity contribution in [2.45, 2.75) is 31.5 Å². The van der Waals surface area contributed by atoms with Gasteiger partial charge in [0.25, 0.3) is 0 Å². The predicted molar refractivity (Wildman–Crippen MR) is 87.7 cm³/mol. The molecule has 0 amide bonds. The third kappa shape index (κ3) is 3.40. The molecule has 0 bridgehead atoms. The quantitative estimate of drug-likeness (QED) is 0.836. The van der Waals surface area contributed by atoms with Crippen LogP contribution in [-0.4, -0.2) is 28.0 Å². The topological polar surface area (TPSA) is 29.0 Å². The Morgan fingerprint density at radius 3 is 2.24 bits per heavy atom. The maximum Gasteiger partial charge on any atom is 0.416 e. The summed E-state index contributed by atoms with van der Waals surface area (Å²) in [6, 6.07) is 7.86. The van der Waals surface area contributed by atoms with Gasteiger partial charge in [-0.3, -0.25) is 4.90 Å². The molecule has 6 heteroatoms. The van der Waals surface area contributed by atoms with Crippen LogP contribution in [0.25, 0.3) is 0 Å². The summed E-state index contributed by atoms with van der Waals surface area (Å²) in [5.74, 6) is 1.76. The third-order valence-electron chi connectivity index (χ3n) is 5.52. The van der Waals surface area contributed by atoms with Gasteiger partial charge >= 0.3 is 6.18 Å². The molecule has 0 N–H and O–H groups in total. The lowest BCUT2D eigenvalue weighted by Crippen LogP contribution is -2.23. The van der Waals surface area contributed by atoms with E-state index in [0.717, 1.165) is 38.3 Å². The van der Waals surface area contributed by atoms with Crippen molar-refractivity contribution < 1.29 is 13.2 Å². The van der Waals surface area contributed by atoms with E-state index in [9.17, 15) is 13.2 Å². The molecule has 2 aliphatic rings. The molecule has 2 aromatic rings. The summed E-state index contributed by atoms with van der Waals surface area (Å²) in [5.41, 5.74) is 0.0110. The zero-order chi connectivity index (χ0) is 17.4. The summed E-state index contributed by atoms with van der Waals surface area (Å²) in [5, 5.41) is 0. The van der Waals surface area contributed by atoms with Gasteiger partial charge in [0.15, 0.2) is 0 Å². The Bertz CT molecular complexity index is 718. The molecule has 1 saturated carbocycles. The molecular formula is C19H20F3N3. The number of alkyl halides is 3. The number of benzene rings is 1. The molecule has 1 aliphatic carbocycles. The minimum Gasteiger partial charge on any atom is -0.295 e. The SMILES string of the molecule is FC(F)(F)c1ccccc1C1C[C@@H]2CN(Cc3ncccn3)C[C@@H]2C1. The molecule has 4 rings (SSSR count). The number of rotatable bonds is 3. The maximum absolute atomic E-state index is 13.3. The zero-order valence-electron chi connectivity index (χ0n) is 13.8. The van der Waals surface area contributed by atoms with E-state index in [1.165, 1.54) is 12.1 Å². The van der Waals surface area contributed by atoms with Crippen LogP contribution < -0.4 is 0 Å². The van der Waals surface area contributed by atoms with Crippen LogP contribution in [0.3, 0.4) is 0 Å². The molecule has 0 spiro atoms. The fourth-order valence-electron chi connectivity index (χ4n) is 4.50. The molecule has 3 nitrogen and oxygen atoms in total. The summed E-state index contributed by atoms with van der Waals surface area (Å²) in [7, 11) is 0. The van der Waals surface area contributed by atoms with Gasteiger partial charge in [0.1, 0.15) is 5.82 Å². The van der Waals surface area contributed by atoms with Crippen molar-refractivity contribution in [3.63, 3.8) is 0 Å². The largest absolute Gasteiger partial charge is 0.416 e. The zero-order valence-corrected chi connectivity index (χ0v) is 13.8. The van der Waals surface area contributed by atoms with E-state index < -0.39 is 11.7 Å². The summed E-state index contributed by atoms with van der Waals surface area (Å²) in [4.78, 5) is 10.8. The fourth-order valence-corrected chi connectivity index (χ4v) is 4.50. The first-order valence-electron chi connectivity index (χ1n) is 8.65. The van der Waals surface area contributed by atoms with Crippen molar-refractivity contribution in [3.8, 4) is 0 Å². The van der Waals surface area contributed by atoms with E-state index in [2.05, 4.69) is 14.9 Å². The van der Waals surface area contributed by atoms with E-state index in [0.29, 0.717) is 17.4 Å². The van der Waals surface area contributed by atoms with Crippen molar-refractivity contribution in [1.29, 1.82) is 0 Å². The molecule has 1 saturated heterocycles. The number of hydrogen-bond donors (Lipinski definition) is 0. The third-order valence-corrected chi connectivity index (χ3v) is 5.52. The lowest BCUT2D eigenvalue weighted by atomic mass is 9.91. The molecule has 2 fully saturated rings. The van der Waals surface area contributed by atoms with Crippen LogP contribution in [0, 0.1) is 11.8 Å². The lowest BCUT2D eigenvalue weighted by Gasteiger charge is -2.21. The molecule has 0 radical (unpaired) electrons. The Labute approximate surface area is 144 Å². The summed E-state index contributed by atoms with van der Waals surface area (Å²) in [6.07, 6.45) is 0.880. The van der Waals surface area contributed by atoms with E-state index in [1.54, 1.807) is 30.6 Å². The van der Waals surface area contributed by atoms with Crippen LogP contribution in [0.1, 0.15) is 35.7 Å². The van der Waals surface area contributed by atoms with Crippen molar-refractivity contribution in [2.75, 3.05) is 13.1 Å². The summed E-state index contributed by atoms with van der Waals surface area (Å²) in [6.45, 7) is 2.57. The van der Waals surface area contributed by atoms with Crippen LogP contribution in [-0.2, 0) is 12.7 Å². The molecule has 25 heavy (non-hydrogen) atoms. The number of nitrogens with zero attached hydrogens (tertiary/aromatic N) is 3. The van der Waals surface area contributed by atoms with E-state index in [1.807, 2.05) is 0 Å². The highest BCUT2D eigenvalue weighted by atomic mass is 19.4. The second-order valence-electron chi connectivity index (χ2n) is 7.13. The van der Waals surface area contributed by atoms with Crippen molar-refractivity contribution in [1.82, 2.24) is 14.9 Å². The average Bonchev–Trinajstić information content (AvgIpc) is 3.13. The van der Waals surface area contributed by atoms with Gasteiger partial charge < -0.3 is 0 Å². The molecule has 1 unspecified atom stereocenters. The Balaban J connectivity index is 1.43. The monoisotopic (exact) mass is 347 g/mol. The van der Waals surface area contributed by atoms with Crippen molar-refractivity contribution in [2.24, 2.45) is 11.8 Å². The molecule has 2 heterocycles. The molecule has 132 valence electrons. The van der Waals surface area contributed by atoms with Gasteiger partial charge in [-0.15, -0.1) is 0 Å². The van der Waals surface area contributed by atoms with Gasteiger partial charge in [-0.05, 0) is 48.3 Å². The molecule has 1 aliphatic heterocycles. The average molecular weight is 347 g/mol.